The first-order chi connectivity index (χ1) is 11.3. The molecule has 1 atom stereocenters. The highest BCUT2D eigenvalue weighted by atomic mass is 16.2. The van der Waals surface area contributed by atoms with Gasteiger partial charge in [0.25, 0.3) is 11.8 Å². The summed E-state index contributed by atoms with van der Waals surface area (Å²) in [5.74, 6) is -0.372. The van der Waals surface area contributed by atoms with Crippen LogP contribution in [0.1, 0.15) is 47.4 Å². The number of hydrogen-bond donors (Lipinski definition) is 1. The summed E-state index contributed by atoms with van der Waals surface area (Å²) in [6, 6.07) is 6.24. The first-order valence-electron chi connectivity index (χ1n) is 8.24. The first kappa shape index (κ1) is 18.0. The average molecular weight is 331 g/mol. The lowest BCUT2D eigenvalue weighted by Crippen LogP contribution is -2.45. The second-order valence-corrected chi connectivity index (χ2v) is 6.59. The van der Waals surface area contributed by atoms with Gasteiger partial charge in [-0.2, -0.15) is 0 Å². The Morgan fingerprint density at radius 2 is 1.71 bits per heavy atom. The molecule has 0 aliphatic carbocycles. The molecular formula is C18H25N3O3. The summed E-state index contributed by atoms with van der Waals surface area (Å²) < 4.78 is 0. The molecule has 0 radical (unpaired) electrons. The Hall–Kier alpha value is -2.37. The Balaban J connectivity index is 2.12. The van der Waals surface area contributed by atoms with Crippen molar-refractivity contribution in [3.8, 4) is 0 Å². The molecule has 1 heterocycles. The highest BCUT2D eigenvalue weighted by molar-refractivity contribution is 5.99. The van der Waals surface area contributed by atoms with E-state index in [9.17, 15) is 14.4 Å². The Kier molecular flexibility index (Phi) is 5.59. The number of rotatable bonds is 4. The molecule has 6 nitrogen and oxygen atoms in total. The van der Waals surface area contributed by atoms with Crippen molar-refractivity contribution in [1.29, 1.82) is 0 Å². The minimum absolute atomic E-state index is 0.0474. The second-order valence-electron chi connectivity index (χ2n) is 6.59. The van der Waals surface area contributed by atoms with Crippen LogP contribution in [0.3, 0.4) is 0 Å². The van der Waals surface area contributed by atoms with Crippen LogP contribution in [0.15, 0.2) is 24.3 Å². The van der Waals surface area contributed by atoms with Crippen LogP contribution in [0.25, 0.3) is 0 Å². The fourth-order valence-corrected chi connectivity index (χ4v) is 2.84. The fourth-order valence-electron chi connectivity index (χ4n) is 2.84. The zero-order chi connectivity index (χ0) is 17.9. The van der Waals surface area contributed by atoms with Crippen molar-refractivity contribution >= 4 is 17.7 Å². The lowest BCUT2D eigenvalue weighted by atomic mass is 10.1. The average Bonchev–Trinajstić information content (AvgIpc) is 3.02. The van der Waals surface area contributed by atoms with E-state index in [2.05, 4.69) is 5.32 Å². The van der Waals surface area contributed by atoms with Crippen LogP contribution < -0.4 is 5.32 Å². The van der Waals surface area contributed by atoms with E-state index in [1.807, 2.05) is 13.8 Å². The third-order valence-corrected chi connectivity index (χ3v) is 4.05. The molecule has 1 saturated heterocycles. The van der Waals surface area contributed by atoms with E-state index in [0.717, 1.165) is 6.42 Å². The lowest BCUT2D eigenvalue weighted by molar-refractivity contribution is -0.132. The van der Waals surface area contributed by atoms with Gasteiger partial charge in [0.05, 0.1) is 0 Å². The molecule has 24 heavy (non-hydrogen) atoms. The smallest absolute Gasteiger partial charge is 0.254 e. The normalized spacial score (nSPS) is 17.0. The van der Waals surface area contributed by atoms with Gasteiger partial charge in [-0.3, -0.25) is 14.4 Å². The van der Waals surface area contributed by atoms with E-state index < -0.39 is 6.04 Å². The number of carbonyl (C=O) groups is 3. The van der Waals surface area contributed by atoms with E-state index in [1.54, 1.807) is 43.3 Å². The highest BCUT2D eigenvalue weighted by Gasteiger charge is 2.35. The summed E-state index contributed by atoms with van der Waals surface area (Å²) in [4.78, 5) is 40.0. The summed E-state index contributed by atoms with van der Waals surface area (Å²) in [5.41, 5.74) is 1.01. The molecule has 1 aliphatic rings. The van der Waals surface area contributed by atoms with Gasteiger partial charge >= 0.3 is 0 Å². The van der Waals surface area contributed by atoms with Gasteiger partial charge in [0, 0.05) is 37.8 Å². The predicted molar refractivity (Wildman–Crippen MR) is 91.8 cm³/mol. The predicted octanol–water partition coefficient (Wildman–Crippen LogP) is 1.52. The van der Waals surface area contributed by atoms with Gasteiger partial charge < -0.3 is 15.1 Å². The van der Waals surface area contributed by atoms with Crippen molar-refractivity contribution in [2.24, 2.45) is 0 Å². The molecule has 0 bridgehead atoms. The monoisotopic (exact) mass is 331 g/mol. The standard InChI is InChI=1S/C18H25N3O3/c1-12(2)19-16(22)13-7-9-14(10-8-13)17(23)21-11-5-6-15(21)18(24)20(3)4/h7-10,12,15H,5-6,11H2,1-4H3,(H,19,22)/t15-/m0/s1. The zero-order valence-corrected chi connectivity index (χ0v) is 14.7. The number of likely N-dealkylation sites (tertiary alicyclic amines) is 1. The molecule has 3 amide bonds. The summed E-state index contributed by atoms with van der Waals surface area (Å²) in [5, 5.41) is 2.81. The molecule has 0 saturated carbocycles. The first-order valence-corrected chi connectivity index (χ1v) is 8.24. The van der Waals surface area contributed by atoms with Gasteiger partial charge in [0.15, 0.2) is 0 Å². The van der Waals surface area contributed by atoms with Crippen LogP contribution in [0.4, 0.5) is 0 Å². The minimum Gasteiger partial charge on any atom is -0.350 e. The second kappa shape index (κ2) is 7.47. The van der Waals surface area contributed by atoms with Gasteiger partial charge in [0.2, 0.25) is 5.91 Å². The maximum atomic E-state index is 12.7. The summed E-state index contributed by atoms with van der Waals surface area (Å²) >= 11 is 0. The van der Waals surface area contributed by atoms with Crippen molar-refractivity contribution in [2.75, 3.05) is 20.6 Å². The van der Waals surface area contributed by atoms with E-state index >= 15 is 0 Å². The van der Waals surface area contributed by atoms with Crippen molar-refractivity contribution in [1.82, 2.24) is 15.1 Å². The molecular weight excluding hydrogens is 306 g/mol. The number of amides is 3. The quantitative estimate of drug-likeness (QED) is 0.909. The number of nitrogens with one attached hydrogen (secondary N) is 1. The Morgan fingerprint density at radius 3 is 2.25 bits per heavy atom. The van der Waals surface area contributed by atoms with Crippen molar-refractivity contribution in [3.05, 3.63) is 35.4 Å². The van der Waals surface area contributed by atoms with E-state index in [-0.39, 0.29) is 23.8 Å². The zero-order valence-electron chi connectivity index (χ0n) is 14.7. The van der Waals surface area contributed by atoms with Crippen molar-refractivity contribution in [3.63, 3.8) is 0 Å². The number of benzene rings is 1. The van der Waals surface area contributed by atoms with Crippen molar-refractivity contribution < 1.29 is 14.4 Å². The Morgan fingerprint density at radius 1 is 1.12 bits per heavy atom. The van der Waals surface area contributed by atoms with Crippen LogP contribution in [0.2, 0.25) is 0 Å². The molecule has 0 unspecified atom stereocenters. The summed E-state index contributed by atoms with van der Waals surface area (Å²) in [7, 11) is 3.40. The Labute approximate surface area is 142 Å². The van der Waals surface area contributed by atoms with E-state index in [0.29, 0.717) is 24.1 Å². The number of likely N-dealkylation sites (N-methyl/N-ethyl adjacent to an activating group) is 1. The SMILES string of the molecule is CC(C)NC(=O)c1ccc(C(=O)N2CCC[C@H]2C(=O)N(C)C)cc1. The molecule has 1 aromatic carbocycles. The number of nitrogens with zero attached hydrogens (tertiary/aromatic N) is 2. The van der Waals surface area contributed by atoms with Gasteiger partial charge in [-0.05, 0) is 51.0 Å². The van der Waals surface area contributed by atoms with Crippen LogP contribution in [-0.2, 0) is 4.79 Å². The van der Waals surface area contributed by atoms with Gasteiger partial charge in [-0.1, -0.05) is 0 Å². The lowest BCUT2D eigenvalue weighted by Gasteiger charge is -2.26. The molecule has 1 aromatic rings. The van der Waals surface area contributed by atoms with Gasteiger partial charge in [-0.15, -0.1) is 0 Å². The summed E-state index contributed by atoms with van der Waals surface area (Å²) in [6.45, 7) is 4.37. The molecule has 6 heteroatoms. The molecule has 1 fully saturated rings. The number of carbonyl (C=O) groups excluding carboxylic acids is 3. The fraction of sp³-hybridized carbons (Fsp3) is 0.500. The maximum absolute atomic E-state index is 12.7. The summed E-state index contributed by atoms with van der Waals surface area (Å²) in [6.07, 6.45) is 1.52. The topological polar surface area (TPSA) is 69.7 Å². The molecule has 0 aromatic heterocycles. The third-order valence-electron chi connectivity index (χ3n) is 4.05. The van der Waals surface area contributed by atoms with E-state index in [1.165, 1.54) is 4.90 Å². The number of hydrogen-bond acceptors (Lipinski definition) is 3. The molecule has 1 N–H and O–H groups in total. The van der Waals surface area contributed by atoms with Crippen LogP contribution in [0.5, 0.6) is 0 Å². The Bertz CT molecular complexity index is 623. The van der Waals surface area contributed by atoms with Crippen molar-refractivity contribution in [2.45, 2.75) is 38.8 Å². The van der Waals surface area contributed by atoms with Gasteiger partial charge in [0.1, 0.15) is 6.04 Å². The molecule has 1 aliphatic heterocycles. The minimum atomic E-state index is -0.392. The molecule has 130 valence electrons. The van der Waals surface area contributed by atoms with Crippen LogP contribution >= 0.6 is 0 Å². The highest BCUT2D eigenvalue weighted by Crippen LogP contribution is 2.21. The third kappa shape index (κ3) is 3.93. The maximum Gasteiger partial charge on any atom is 0.254 e. The van der Waals surface area contributed by atoms with Crippen LogP contribution in [0, 0.1) is 0 Å². The van der Waals surface area contributed by atoms with Crippen LogP contribution in [-0.4, -0.2) is 60.2 Å². The molecule has 0 spiro atoms. The molecule has 2 rings (SSSR count). The van der Waals surface area contributed by atoms with E-state index in [4.69, 9.17) is 0 Å². The van der Waals surface area contributed by atoms with Gasteiger partial charge in [-0.25, -0.2) is 0 Å². The largest absolute Gasteiger partial charge is 0.350 e.